The second-order valence-electron chi connectivity index (χ2n) is 6.95. The average molecular weight is 247 g/mol. The highest BCUT2D eigenvalue weighted by molar-refractivity contribution is 7.90. The van der Waals surface area contributed by atoms with Crippen molar-refractivity contribution in [1.29, 1.82) is 0 Å². The molecule has 0 spiro atoms. The van der Waals surface area contributed by atoms with Crippen molar-refractivity contribution in [3.63, 3.8) is 0 Å². The predicted molar refractivity (Wildman–Crippen MR) is 67.9 cm³/mol. The van der Waals surface area contributed by atoms with Crippen molar-refractivity contribution in [2.24, 2.45) is 5.41 Å². The molecule has 96 valence electrons. The molecule has 0 amide bonds. The molecule has 1 fully saturated rings. The van der Waals surface area contributed by atoms with Gasteiger partial charge in [-0.25, -0.2) is 8.42 Å². The van der Waals surface area contributed by atoms with E-state index in [1.54, 1.807) is 25.1 Å². The van der Waals surface area contributed by atoms with Crippen LogP contribution in [0.15, 0.2) is 0 Å². The molecule has 0 aromatic carbocycles. The molecule has 0 saturated heterocycles. The Hall–Kier alpha value is -0.0900. The lowest BCUT2D eigenvalue weighted by atomic mass is 9.97. The van der Waals surface area contributed by atoms with E-state index in [9.17, 15) is 8.42 Å². The van der Waals surface area contributed by atoms with Crippen molar-refractivity contribution in [1.82, 2.24) is 4.31 Å². The molecule has 16 heavy (non-hydrogen) atoms. The van der Waals surface area contributed by atoms with E-state index < -0.39 is 14.8 Å². The lowest BCUT2D eigenvalue weighted by Gasteiger charge is -2.34. The van der Waals surface area contributed by atoms with Gasteiger partial charge in [-0.2, -0.15) is 4.31 Å². The molecular formula is C12H25NO2S. The molecule has 1 saturated carbocycles. The smallest absolute Gasteiger partial charge is 0.212 e. The minimum atomic E-state index is -3.18. The van der Waals surface area contributed by atoms with Crippen LogP contribution in [0.3, 0.4) is 0 Å². The fourth-order valence-corrected chi connectivity index (χ4v) is 3.46. The van der Waals surface area contributed by atoms with Crippen molar-refractivity contribution in [3.05, 3.63) is 0 Å². The second-order valence-corrected chi connectivity index (χ2v) is 9.60. The third kappa shape index (κ3) is 3.20. The fourth-order valence-electron chi connectivity index (χ4n) is 1.59. The van der Waals surface area contributed by atoms with Gasteiger partial charge in [0.05, 0.1) is 4.75 Å². The summed E-state index contributed by atoms with van der Waals surface area (Å²) in [6, 6.07) is 0.253. The Balaban J connectivity index is 2.95. The fraction of sp³-hybridized carbons (Fsp3) is 1.00. The van der Waals surface area contributed by atoms with Crippen molar-refractivity contribution < 1.29 is 8.42 Å². The summed E-state index contributed by atoms with van der Waals surface area (Å²) >= 11 is 0. The van der Waals surface area contributed by atoms with Crippen molar-refractivity contribution >= 4 is 10.0 Å². The molecule has 0 N–H and O–H groups in total. The summed E-state index contributed by atoms with van der Waals surface area (Å²) in [5, 5.41) is 0. The molecule has 3 nitrogen and oxygen atoms in total. The molecule has 1 aliphatic carbocycles. The summed E-state index contributed by atoms with van der Waals surface area (Å²) in [7, 11) is -3.18. The van der Waals surface area contributed by atoms with Crippen molar-refractivity contribution in [2.75, 3.05) is 6.54 Å². The summed E-state index contributed by atoms with van der Waals surface area (Å²) < 4.78 is 25.9. The molecule has 1 aliphatic rings. The number of sulfonamides is 1. The summed E-state index contributed by atoms with van der Waals surface area (Å²) in [4.78, 5) is 0. The molecule has 0 aromatic rings. The first-order chi connectivity index (χ1) is 6.95. The molecule has 1 rings (SSSR count). The van der Waals surface area contributed by atoms with E-state index in [1.807, 2.05) is 0 Å². The molecular weight excluding hydrogens is 222 g/mol. The molecule has 0 heterocycles. The van der Waals surface area contributed by atoms with Crippen molar-refractivity contribution in [3.8, 4) is 0 Å². The van der Waals surface area contributed by atoms with Crippen molar-refractivity contribution in [2.45, 2.75) is 65.2 Å². The lowest BCUT2D eigenvalue weighted by Crippen LogP contribution is -2.47. The Bertz CT molecular complexity index is 342. The van der Waals surface area contributed by atoms with Crippen LogP contribution in [0.1, 0.15) is 54.4 Å². The van der Waals surface area contributed by atoms with Gasteiger partial charge in [0.15, 0.2) is 0 Å². The van der Waals surface area contributed by atoms with Gasteiger partial charge in [-0.05, 0) is 39.0 Å². The summed E-state index contributed by atoms with van der Waals surface area (Å²) in [5.74, 6) is 0. The van der Waals surface area contributed by atoms with Gasteiger partial charge in [0.2, 0.25) is 10.0 Å². The van der Waals surface area contributed by atoms with Gasteiger partial charge in [-0.1, -0.05) is 20.8 Å². The largest absolute Gasteiger partial charge is 0.219 e. The molecule has 0 bridgehead atoms. The average Bonchev–Trinajstić information content (AvgIpc) is 2.77. The van der Waals surface area contributed by atoms with Gasteiger partial charge < -0.3 is 0 Å². The van der Waals surface area contributed by atoms with E-state index in [4.69, 9.17) is 0 Å². The zero-order valence-corrected chi connectivity index (χ0v) is 12.2. The molecule has 0 unspecified atom stereocenters. The van der Waals surface area contributed by atoms with E-state index >= 15 is 0 Å². The number of hydrogen-bond acceptors (Lipinski definition) is 2. The number of nitrogens with zero attached hydrogens (tertiary/aromatic N) is 1. The first kappa shape index (κ1) is 14.0. The second kappa shape index (κ2) is 3.98. The Morgan fingerprint density at radius 1 is 1.06 bits per heavy atom. The maximum atomic E-state index is 12.4. The summed E-state index contributed by atoms with van der Waals surface area (Å²) in [6.45, 7) is 12.2. The normalized spacial score (nSPS) is 19.2. The Morgan fingerprint density at radius 3 is 1.75 bits per heavy atom. The Morgan fingerprint density at radius 2 is 1.50 bits per heavy atom. The van der Waals surface area contributed by atoms with E-state index in [2.05, 4.69) is 20.8 Å². The number of hydrogen-bond donors (Lipinski definition) is 0. The van der Waals surface area contributed by atoms with E-state index in [0.717, 1.165) is 12.8 Å². The van der Waals surface area contributed by atoms with Crippen LogP contribution in [-0.4, -0.2) is 30.1 Å². The van der Waals surface area contributed by atoms with Gasteiger partial charge in [0.1, 0.15) is 0 Å². The standard InChI is InChI=1S/C12H25NO2S/c1-11(2,3)9-13(10-7-8-10)16(14,15)12(4,5)6/h10H,7-9H2,1-6H3. The van der Waals surface area contributed by atoms with Crippen LogP contribution in [0.25, 0.3) is 0 Å². The minimum Gasteiger partial charge on any atom is -0.212 e. The molecule has 0 aliphatic heterocycles. The highest BCUT2D eigenvalue weighted by atomic mass is 32.2. The van der Waals surface area contributed by atoms with E-state index in [0.29, 0.717) is 6.54 Å². The lowest BCUT2D eigenvalue weighted by molar-refractivity contribution is 0.271. The van der Waals surface area contributed by atoms with Crippen LogP contribution in [0.5, 0.6) is 0 Å². The maximum absolute atomic E-state index is 12.4. The molecule has 0 aromatic heterocycles. The Kier molecular flexibility index (Phi) is 3.48. The first-order valence-electron chi connectivity index (χ1n) is 5.96. The highest BCUT2D eigenvalue weighted by Gasteiger charge is 2.44. The Labute approximate surface area is 100 Å². The highest BCUT2D eigenvalue weighted by Crippen LogP contribution is 2.35. The van der Waals surface area contributed by atoms with E-state index in [1.165, 1.54) is 0 Å². The minimum absolute atomic E-state index is 0.0148. The SMILES string of the molecule is CC(C)(C)CN(C1CC1)S(=O)(=O)C(C)(C)C. The summed E-state index contributed by atoms with van der Waals surface area (Å²) in [6.07, 6.45) is 2.04. The number of rotatable bonds is 3. The third-order valence-corrected chi connectivity index (χ3v) is 5.26. The van der Waals surface area contributed by atoms with Gasteiger partial charge in [-0.3, -0.25) is 0 Å². The first-order valence-corrected chi connectivity index (χ1v) is 7.40. The molecule has 4 heteroatoms. The van der Waals surface area contributed by atoms with Gasteiger partial charge in [-0.15, -0.1) is 0 Å². The van der Waals surface area contributed by atoms with Crippen LogP contribution in [0, 0.1) is 5.41 Å². The van der Waals surface area contributed by atoms with Crippen LogP contribution in [0.2, 0.25) is 0 Å². The summed E-state index contributed by atoms with van der Waals surface area (Å²) in [5.41, 5.74) is 0.0148. The van der Waals surface area contributed by atoms with E-state index in [-0.39, 0.29) is 11.5 Å². The third-order valence-electron chi connectivity index (χ3n) is 2.67. The van der Waals surface area contributed by atoms with Crippen LogP contribution in [0.4, 0.5) is 0 Å². The van der Waals surface area contributed by atoms with Gasteiger partial charge in [0, 0.05) is 12.6 Å². The van der Waals surface area contributed by atoms with Gasteiger partial charge >= 0.3 is 0 Å². The topological polar surface area (TPSA) is 37.4 Å². The zero-order chi connectivity index (χ0) is 12.8. The molecule has 0 radical (unpaired) electrons. The maximum Gasteiger partial charge on any atom is 0.219 e. The quantitative estimate of drug-likeness (QED) is 0.769. The predicted octanol–water partition coefficient (Wildman–Crippen LogP) is 2.63. The molecule has 0 atom stereocenters. The monoisotopic (exact) mass is 247 g/mol. The van der Waals surface area contributed by atoms with Crippen LogP contribution in [-0.2, 0) is 10.0 Å². The zero-order valence-electron chi connectivity index (χ0n) is 11.4. The van der Waals surface area contributed by atoms with Gasteiger partial charge in [0.25, 0.3) is 0 Å². The van der Waals surface area contributed by atoms with Crippen LogP contribution >= 0.6 is 0 Å². The van der Waals surface area contributed by atoms with Crippen LogP contribution < -0.4 is 0 Å².